The van der Waals surface area contributed by atoms with Crippen molar-refractivity contribution in [3.05, 3.63) is 107 Å². The summed E-state index contributed by atoms with van der Waals surface area (Å²) >= 11 is 0. The zero-order valence-corrected chi connectivity index (χ0v) is 20.9. The molecule has 0 aliphatic rings. The lowest BCUT2D eigenvalue weighted by Crippen LogP contribution is -2.25. The van der Waals surface area contributed by atoms with Gasteiger partial charge in [0.1, 0.15) is 0 Å². The lowest BCUT2D eigenvalue weighted by atomic mass is 10.0. The first-order valence-corrected chi connectivity index (χ1v) is 13.0. The Kier molecular flexibility index (Phi) is 12.6. The van der Waals surface area contributed by atoms with Crippen LogP contribution in [0, 0.1) is 0 Å². The molecule has 0 saturated carbocycles. The van der Waals surface area contributed by atoms with Gasteiger partial charge in [-0.3, -0.25) is 4.90 Å². The first-order valence-electron chi connectivity index (χ1n) is 13.0. The van der Waals surface area contributed by atoms with E-state index < -0.39 is 0 Å². The van der Waals surface area contributed by atoms with Gasteiger partial charge in [-0.05, 0) is 60.0 Å². The molecule has 0 radical (unpaired) electrons. The van der Waals surface area contributed by atoms with Crippen molar-refractivity contribution in [3.63, 3.8) is 0 Å². The van der Waals surface area contributed by atoms with Crippen LogP contribution < -0.4 is 0 Å². The molecule has 0 aliphatic heterocycles. The molecule has 0 amide bonds. The molecule has 3 aromatic rings. The molecule has 0 fully saturated rings. The molecule has 3 rings (SSSR count). The molecule has 4 nitrogen and oxygen atoms in total. The Hall–Kier alpha value is -2.50. The quantitative estimate of drug-likeness (QED) is 0.239. The van der Waals surface area contributed by atoms with Gasteiger partial charge in [0.05, 0.1) is 13.2 Å². The van der Waals surface area contributed by atoms with Gasteiger partial charge in [-0.1, -0.05) is 91.7 Å². The van der Waals surface area contributed by atoms with Crippen LogP contribution in [0.4, 0.5) is 0 Å². The fraction of sp³-hybridized carbons (Fsp3) is 0.419. The first-order chi connectivity index (χ1) is 17.3. The van der Waals surface area contributed by atoms with Crippen molar-refractivity contribution in [1.29, 1.82) is 0 Å². The van der Waals surface area contributed by atoms with Crippen LogP contribution in [0.15, 0.2) is 78.9 Å². The van der Waals surface area contributed by atoms with E-state index in [1.54, 1.807) is 0 Å². The number of unbranched alkanes of at least 4 members (excludes halogenated alkanes) is 3. The van der Waals surface area contributed by atoms with Gasteiger partial charge in [0.15, 0.2) is 0 Å². The van der Waals surface area contributed by atoms with Gasteiger partial charge in [0.2, 0.25) is 0 Å². The van der Waals surface area contributed by atoms with Crippen LogP contribution in [0.25, 0.3) is 0 Å². The minimum absolute atomic E-state index is 0.00625. The predicted octanol–water partition coefficient (Wildman–Crippen LogP) is 5.88. The number of rotatable bonds is 17. The van der Waals surface area contributed by atoms with Crippen LogP contribution in [-0.4, -0.2) is 34.9 Å². The van der Waals surface area contributed by atoms with Gasteiger partial charge in [0, 0.05) is 26.3 Å². The molecule has 0 atom stereocenters. The van der Waals surface area contributed by atoms with E-state index in [1.165, 1.54) is 24.0 Å². The van der Waals surface area contributed by atoms with Gasteiger partial charge >= 0.3 is 0 Å². The predicted molar refractivity (Wildman–Crippen MR) is 143 cm³/mol. The summed E-state index contributed by atoms with van der Waals surface area (Å²) in [7, 11) is 0. The monoisotopic (exact) mass is 475 g/mol. The summed E-state index contributed by atoms with van der Waals surface area (Å²) in [6.45, 7) is 4.23. The molecular weight excluding hydrogens is 434 g/mol. The van der Waals surface area contributed by atoms with Crippen LogP contribution >= 0.6 is 0 Å². The van der Waals surface area contributed by atoms with E-state index in [-0.39, 0.29) is 13.2 Å². The van der Waals surface area contributed by atoms with Crippen molar-refractivity contribution < 1.29 is 14.9 Å². The Balaban J connectivity index is 1.39. The largest absolute Gasteiger partial charge is 0.392 e. The summed E-state index contributed by atoms with van der Waals surface area (Å²) in [5.41, 5.74) is 5.52. The van der Waals surface area contributed by atoms with E-state index >= 15 is 0 Å². The third-order valence-corrected chi connectivity index (χ3v) is 6.45. The summed E-state index contributed by atoms with van der Waals surface area (Å²) in [6, 6.07) is 26.9. The summed E-state index contributed by atoms with van der Waals surface area (Å²) in [4.78, 5) is 2.43. The highest BCUT2D eigenvalue weighted by Crippen LogP contribution is 2.20. The second kappa shape index (κ2) is 16.2. The van der Waals surface area contributed by atoms with Gasteiger partial charge in [-0.15, -0.1) is 0 Å². The Morgan fingerprint density at radius 1 is 0.571 bits per heavy atom. The topological polar surface area (TPSA) is 52.9 Å². The van der Waals surface area contributed by atoms with Crippen LogP contribution in [-0.2, 0) is 37.5 Å². The lowest BCUT2D eigenvalue weighted by Gasteiger charge is -2.25. The molecule has 0 bridgehead atoms. The third kappa shape index (κ3) is 9.95. The van der Waals surface area contributed by atoms with Crippen LogP contribution in [0.1, 0.15) is 59.9 Å². The number of nitrogens with zero attached hydrogens (tertiary/aromatic N) is 1. The number of hydrogen-bond acceptors (Lipinski definition) is 4. The SMILES string of the molecule is OCc1cccc(CO)c1CN(CCCCCCOCCCc1ccccc1)Cc1ccccc1. The van der Waals surface area contributed by atoms with Gasteiger partial charge < -0.3 is 14.9 Å². The Morgan fingerprint density at radius 2 is 1.17 bits per heavy atom. The summed E-state index contributed by atoms with van der Waals surface area (Å²) in [5.74, 6) is 0. The summed E-state index contributed by atoms with van der Waals surface area (Å²) < 4.78 is 5.83. The summed E-state index contributed by atoms with van der Waals surface area (Å²) in [6.07, 6.45) is 6.72. The molecular formula is C31H41NO3. The number of hydrogen-bond donors (Lipinski definition) is 2. The Bertz CT molecular complexity index is 924. The molecule has 0 unspecified atom stereocenters. The number of aliphatic hydroxyl groups is 2. The molecule has 188 valence electrons. The number of ether oxygens (including phenoxy) is 1. The first kappa shape index (κ1) is 27.1. The standard InChI is InChI=1S/C31H41NO3/c33-25-29-18-11-19-30(26-34)31(29)24-32(23-28-15-7-4-8-16-28)20-9-1-2-10-21-35-22-12-17-27-13-5-3-6-14-27/h3-8,11,13-16,18-19,33-34H,1-2,9-10,12,17,20-26H2. The Labute approximate surface area is 211 Å². The van der Waals surface area contributed by atoms with E-state index in [2.05, 4.69) is 59.5 Å². The molecule has 0 aromatic heterocycles. The molecule has 3 aromatic carbocycles. The fourth-order valence-electron chi connectivity index (χ4n) is 4.48. The third-order valence-electron chi connectivity index (χ3n) is 6.45. The van der Waals surface area contributed by atoms with E-state index in [9.17, 15) is 10.2 Å². The van der Waals surface area contributed by atoms with E-state index in [0.29, 0.717) is 0 Å². The molecule has 0 saturated heterocycles. The van der Waals surface area contributed by atoms with E-state index in [1.807, 2.05) is 24.3 Å². The maximum absolute atomic E-state index is 9.84. The second-order valence-electron chi connectivity index (χ2n) is 9.18. The van der Waals surface area contributed by atoms with Crippen molar-refractivity contribution in [2.45, 2.75) is 64.8 Å². The van der Waals surface area contributed by atoms with Crippen molar-refractivity contribution in [1.82, 2.24) is 4.90 Å². The van der Waals surface area contributed by atoms with Crippen LogP contribution in [0.3, 0.4) is 0 Å². The van der Waals surface area contributed by atoms with E-state index in [0.717, 1.165) is 75.2 Å². The minimum Gasteiger partial charge on any atom is -0.392 e. The minimum atomic E-state index is -0.00625. The fourth-order valence-corrected chi connectivity index (χ4v) is 4.48. The van der Waals surface area contributed by atoms with Crippen LogP contribution in [0.5, 0.6) is 0 Å². The second-order valence-corrected chi connectivity index (χ2v) is 9.18. The zero-order valence-electron chi connectivity index (χ0n) is 20.9. The van der Waals surface area contributed by atoms with Gasteiger partial charge in [-0.25, -0.2) is 0 Å². The smallest absolute Gasteiger partial charge is 0.0685 e. The molecule has 35 heavy (non-hydrogen) atoms. The summed E-state index contributed by atoms with van der Waals surface area (Å²) in [5, 5.41) is 19.7. The van der Waals surface area contributed by atoms with Crippen molar-refractivity contribution in [2.75, 3.05) is 19.8 Å². The highest BCUT2D eigenvalue weighted by atomic mass is 16.5. The number of aryl methyl sites for hydroxylation is 1. The number of benzene rings is 3. The average Bonchev–Trinajstić information content (AvgIpc) is 2.91. The van der Waals surface area contributed by atoms with Crippen molar-refractivity contribution >= 4 is 0 Å². The maximum Gasteiger partial charge on any atom is 0.0685 e. The van der Waals surface area contributed by atoms with Crippen molar-refractivity contribution in [2.24, 2.45) is 0 Å². The lowest BCUT2D eigenvalue weighted by molar-refractivity contribution is 0.127. The molecule has 2 N–H and O–H groups in total. The van der Waals surface area contributed by atoms with E-state index in [4.69, 9.17) is 4.74 Å². The highest BCUT2D eigenvalue weighted by molar-refractivity contribution is 5.34. The maximum atomic E-state index is 9.84. The Morgan fingerprint density at radius 3 is 1.83 bits per heavy atom. The zero-order chi connectivity index (χ0) is 24.6. The molecule has 0 aliphatic carbocycles. The molecule has 0 spiro atoms. The molecule has 4 heteroatoms. The average molecular weight is 476 g/mol. The normalized spacial score (nSPS) is 11.3. The number of aliphatic hydroxyl groups excluding tert-OH is 2. The van der Waals surface area contributed by atoms with Gasteiger partial charge in [-0.2, -0.15) is 0 Å². The van der Waals surface area contributed by atoms with Gasteiger partial charge in [0.25, 0.3) is 0 Å². The van der Waals surface area contributed by atoms with Crippen molar-refractivity contribution in [3.8, 4) is 0 Å². The highest BCUT2D eigenvalue weighted by Gasteiger charge is 2.13. The molecule has 0 heterocycles. The van der Waals surface area contributed by atoms with Crippen LogP contribution in [0.2, 0.25) is 0 Å².